The molecular formula is C11H6BrN3O2S. The number of carbonyl (C=O) groups is 2. The van der Waals surface area contributed by atoms with Crippen LogP contribution in [0.2, 0.25) is 0 Å². The molecule has 2 heterocycles. The number of nitrogen functional groups attached to an aromatic ring is 1. The Labute approximate surface area is 114 Å². The summed E-state index contributed by atoms with van der Waals surface area (Å²) in [5, 5.41) is 0.340. The number of benzene rings is 1. The molecule has 3 rings (SSSR count). The highest BCUT2D eigenvalue weighted by atomic mass is 79.9. The van der Waals surface area contributed by atoms with Crippen molar-refractivity contribution in [1.29, 1.82) is 0 Å². The van der Waals surface area contributed by atoms with E-state index >= 15 is 0 Å². The third-order valence-corrected chi connectivity index (χ3v) is 4.07. The van der Waals surface area contributed by atoms with Gasteiger partial charge in [-0.3, -0.25) is 9.59 Å². The topological polar surface area (TPSA) is 76.3 Å². The molecule has 0 fully saturated rings. The van der Waals surface area contributed by atoms with E-state index in [1.165, 1.54) is 11.3 Å². The number of nitrogens with zero attached hydrogens (tertiary/aromatic N) is 2. The van der Waals surface area contributed by atoms with E-state index in [0.29, 0.717) is 16.4 Å². The predicted octanol–water partition coefficient (Wildman–Crippen LogP) is 2.29. The number of halogens is 1. The Morgan fingerprint density at radius 1 is 1.28 bits per heavy atom. The number of nitrogens with two attached hydrogens (primary N) is 1. The van der Waals surface area contributed by atoms with E-state index in [1.54, 1.807) is 24.4 Å². The Hall–Kier alpha value is -1.73. The van der Waals surface area contributed by atoms with Crippen LogP contribution in [0, 0.1) is 0 Å². The van der Waals surface area contributed by atoms with E-state index in [2.05, 4.69) is 20.9 Å². The first-order chi connectivity index (χ1) is 8.59. The fourth-order valence-corrected chi connectivity index (χ4v) is 3.01. The number of imide groups is 1. The number of anilines is 2. The summed E-state index contributed by atoms with van der Waals surface area (Å²) in [6, 6.07) is 4.85. The number of hydrogen-bond donors (Lipinski definition) is 1. The summed E-state index contributed by atoms with van der Waals surface area (Å²) < 4.78 is 0.752. The van der Waals surface area contributed by atoms with Gasteiger partial charge in [-0.25, -0.2) is 9.88 Å². The van der Waals surface area contributed by atoms with E-state index in [9.17, 15) is 9.59 Å². The summed E-state index contributed by atoms with van der Waals surface area (Å²) in [5.74, 6) is -0.806. The van der Waals surface area contributed by atoms with Gasteiger partial charge in [0.25, 0.3) is 11.8 Å². The molecule has 1 aliphatic heterocycles. The van der Waals surface area contributed by atoms with Gasteiger partial charge in [0, 0.05) is 5.69 Å². The molecular weight excluding hydrogens is 318 g/mol. The molecule has 0 unspecified atom stereocenters. The van der Waals surface area contributed by atoms with Crippen molar-refractivity contribution in [3.63, 3.8) is 0 Å². The van der Waals surface area contributed by atoms with Crippen molar-refractivity contribution in [3.05, 3.63) is 39.3 Å². The molecule has 2 amide bonds. The van der Waals surface area contributed by atoms with Gasteiger partial charge >= 0.3 is 0 Å². The molecule has 1 aromatic heterocycles. The Balaban J connectivity index is 2.16. The zero-order valence-electron chi connectivity index (χ0n) is 8.88. The number of fused-ring (bicyclic) bond motifs is 1. The van der Waals surface area contributed by atoms with E-state index in [1.807, 2.05) is 0 Å². The van der Waals surface area contributed by atoms with Crippen molar-refractivity contribution in [1.82, 2.24) is 4.98 Å². The summed E-state index contributed by atoms with van der Waals surface area (Å²) in [7, 11) is 0. The number of hydrogen-bond acceptors (Lipinski definition) is 5. The first kappa shape index (κ1) is 11.4. The van der Waals surface area contributed by atoms with Crippen LogP contribution < -0.4 is 10.6 Å². The molecule has 18 heavy (non-hydrogen) atoms. The summed E-state index contributed by atoms with van der Waals surface area (Å²) in [5.41, 5.74) is 6.64. The largest absolute Gasteiger partial charge is 0.398 e. The van der Waals surface area contributed by atoms with Gasteiger partial charge in [0.1, 0.15) is 0 Å². The zero-order chi connectivity index (χ0) is 12.9. The van der Waals surface area contributed by atoms with E-state index < -0.39 is 5.91 Å². The molecule has 0 atom stereocenters. The van der Waals surface area contributed by atoms with Crippen molar-refractivity contribution >= 4 is 49.9 Å². The van der Waals surface area contributed by atoms with Crippen molar-refractivity contribution < 1.29 is 9.59 Å². The number of aromatic nitrogens is 1. The van der Waals surface area contributed by atoms with Crippen LogP contribution in [-0.2, 0) is 0 Å². The van der Waals surface area contributed by atoms with Gasteiger partial charge in [-0.15, -0.1) is 0 Å². The van der Waals surface area contributed by atoms with Gasteiger partial charge in [-0.2, -0.15) is 0 Å². The molecule has 2 aromatic rings. The number of amides is 2. The fraction of sp³-hybridized carbons (Fsp3) is 0. The lowest BCUT2D eigenvalue weighted by atomic mass is 10.1. The second-order valence-corrected chi connectivity index (χ2v) is 6.05. The lowest BCUT2D eigenvalue weighted by Crippen LogP contribution is -2.29. The van der Waals surface area contributed by atoms with Crippen LogP contribution >= 0.6 is 27.3 Å². The van der Waals surface area contributed by atoms with Crippen LogP contribution in [0.3, 0.4) is 0 Å². The Bertz CT molecular complexity index is 683. The van der Waals surface area contributed by atoms with Gasteiger partial charge in [0.15, 0.2) is 0 Å². The third kappa shape index (κ3) is 1.48. The summed E-state index contributed by atoms with van der Waals surface area (Å²) in [6.45, 7) is 0. The second-order valence-electron chi connectivity index (χ2n) is 3.66. The van der Waals surface area contributed by atoms with Gasteiger partial charge < -0.3 is 5.73 Å². The minimum Gasteiger partial charge on any atom is -0.398 e. The SMILES string of the molecule is Nc1cccc2c1C(=O)N(c1ncc(Br)s1)C2=O. The third-order valence-electron chi connectivity index (χ3n) is 2.60. The molecule has 0 aliphatic carbocycles. The van der Waals surface area contributed by atoms with Crippen molar-refractivity contribution in [2.45, 2.75) is 0 Å². The first-order valence-electron chi connectivity index (χ1n) is 4.98. The van der Waals surface area contributed by atoms with Crippen LogP contribution in [0.25, 0.3) is 0 Å². The van der Waals surface area contributed by atoms with Crippen LogP contribution in [0.4, 0.5) is 10.8 Å². The first-order valence-corrected chi connectivity index (χ1v) is 6.59. The standard InChI is InChI=1S/C11H6BrN3O2S/c12-7-4-14-11(18-7)15-9(16)5-2-1-3-6(13)8(5)10(15)17/h1-4H,13H2. The van der Waals surface area contributed by atoms with Crippen LogP contribution in [-0.4, -0.2) is 16.8 Å². The quantitative estimate of drug-likeness (QED) is 0.645. The normalized spacial score (nSPS) is 14.2. The highest BCUT2D eigenvalue weighted by Crippen LogP contribution is 2.34. The number of carbonyl (C=O) groups excluding carboxylic acids is 2. The average molecular weight is 324 g/mol. The molecule has 90 valence electrons. The van der Waals surface area contributed by atoms with Gasteiger partial charge in [0.2, 0.25) is 5.13 Å². The van der Waals surface area contributed by atoms with Crippen molar-refractivity contribution in [3.8, 4) is 0 Å². The van der Waals surface area contributed by atoms with E-state index in [4.69, 9.17) is 5.73 Å². The molecule has 2 N–H and O–H groups in total. The van der Waals surface area contributed by atoms with Gasteiger partial charge in [-0.1, -0.05) is 17.4 Å². The molecule has 7 heteroatoms. The van der Waals surface area contributed by atoms with Crippen molar-refractivity contribution in [2.24, 2.45) is 0 Å². The molecule has 5 nitrogen and oxygen atoms in total. The smallest absolute Gasteiger partial charge is 0.270 e. The molecule has 0 saturated heterocycles. The van der Waals surface area contributed by atoms with Crippen LogP contribution in [0.15, 0.2) is 28.2 Å². The van der Waals surface area contributed by atoms with Gasteiger partial charge in [-0.05, 0) is 28.1 Å². The lowest BCUT2D eigenvalue weighted by molar-refractivity contribution is 0.0926. The van der Waals surface area contributed by atoms with E-state index in [-0.39, 0.29) is 11.5 Å². The molecule has 0 radical (unpaired) electrons. The monoisotopic (exact) mass is 323 g/mol. The zero-order valence-corrected chi connectivity index (χ0v) is 11.3. The number of thiazole rings is 1. The molecule has 0 saturated carbocycles. The van der Waals surface area contributed by atoms with Gasteiger partial charge in [0.05, 0.1) is 21.1 Å². The maximum atomic E-state index is 12.2. The predicted molar refractivity (Wildman–Crippen MR) is 71.8 cm³/mol. The highest BCUT2D eigenvalue weighted by Gasteiger charge is 2.39. The summed E-state index contributed by atoms with van der Waals surface area (Å²) >= 11 is 4.47. The summed E-state index contributed by atoms with van der Waals surface area (Å²) in [6.07, 6.45) is 1.55. The Kier molecular flexibility index (Phi) is 2.46. The Morgan fingerprint density at radius 2 is 2.06 bits per heavy atom. The van der Waals surface area contributed by atoms with Crippen molar-refractivity contribution in [2.75, 3.05) is 10.6 Å². The van der Waals surface area contributed by atoms with Crippen LogP contribution in [0.1, 0.15) is 20.7 Å². The maximum absolute atomic E-state index is 12.2. The minimum absolute atomic E-state index is 0.258. The molecule has 1 aromatic carbocycles. The molecule has 0 spiro atoms. The molecule has 1 aliphatic rings. The lowest BCUT2D eigenvalue weighted by Gasteiger charge is -2.08. The number of rotatable bonds is 1. The van der Waals surface area contributed by atoms with Crippen LogP contribution in [0.5, 0.6) is 0 Å². The highest BCUT2D eigenvalue weighted by molar-refractivity contribution is 9.11. The maximum Gasteiger partial charge on any atom is 0.270 e. The minimum atomic E-state index is -0.421. The average Bonchev–Trinajstić information content (AvgIpc) is 2.84. The molecule has 0 bridgehead atoms. The summed E-state index contributed by atoms with van der Waals surface area (Å²) in [4.78, 5) is 29.5. The Morgan fingerprint density at radius 3 is 2.67 bits per heavy atom. The fourth-order valence-electron chi connectivity index (χ4n) is 1.83. The second kappa shape index (κ2) is 3.89. The van der Waals surface area contributed by atoms with E-state index in [0.717, 1.165) is 8.69 Å².